The van der Waals surface area contributed by atoms with Gasteiger partial charge < -0.3 is 5.32 Å². The minimum absolute atomic E-state index is 0.0542. The maximum Gasteiger partial charge on any atom is 0.259 e. The first kappa shape index (κ1) is 15.4. The Kier molecular flexibility index (Phi) is 4.10. The lowest BCUT2D eigenvalue weighted by atomic mass is 10.0. The Morgan fingerprint density at radius 2 is 2.12 bits per heavy atom. The molecule has 0 saturated carbocycles. The first-order valence-corrected chi connectivity index (χ1v) is 9.42. The van der Waals surface area contributed by atoms with E-state index in [9.17, 15) is 4.79 Å². The number of thiazole rings is 1. The fourth-order valence-corrected chi connectivity index (χ4v) is 4.56. The van der Waals surface area contributed by atoms with E-state index in [2.05, 4.69) is 30.4 Å². The van der Waals surface area contributed by atoms with Gasteiger partial charge in [0.1, 0.15) is 0 Å². The molecule has 2 heterocycles. The summed E-state index contributed by atoms with van der Waals surface area (Å²) in [5, 5.41) is 3.38. The van der Waals surface area contributed by atoms with Gasteiger partial charge in [-0.3, -0.25) is 9.20 Å². The maximum absolute atomic E-state index is 12.5. The zero-order valence-corrected chi connectivity index (χ0v) is 14.7. The van der Waals surface area contributed by atoms with Crippen molar-refractivity contribution in [1.82, 2.24) is 9.38 Å². The lowest BCUT2D eigenvalue weighted by Crippen LogP contribution is -2.18. The average Bonchev–Trinajstić information content (AvgIpc) is 2.99. The molecule has 0 unspecified atom stereocenters. The van der Waals surface area contributed by atoms with Crippen LogP contribution in [0.2, 0.25) is 0 Å². The van der Waals surface area contributed by atoms with E-state index in [1.807, 2.05) is 10.5 Å². The van der Waals surface area contributed by atoms with E-state index in [-0.39, 0.29) is 5.56 Å². The molecule has 1 aliphatic rings. The standard InChI is InChI=1S/C19H21N3OS/c1-2-13-6-5-7-14(10-13)20-12-15-11-18(23)22-16-8-3-4-9-17(16)24-19(22)21-15/h5-7,10-11,20H,2-4,8-9,12H2,1H3. The molecule has 0 saturated heterocycles. The molecule has 3 aromatic rings. The highest BCUT2D eigenvalue weighted by molar-refractivity contribution is 7.17. The number of aryl methyl sites for hydroxylation is 3. The topological polar surface area (TPSA) is 46.4 Å². The highest BCUT2D eigenvalue weighted by Gasteiger charge is 2.18. The normalized spacial score (nSPS) is 13.9. The second-order valence-corrected chi connectivity index (χ2v) is 7.35. The summed E-state index contributed by atoms with van der Waals surface area (Å²) in [7, 11) is 0. The molecule has 0 amide bonds. The smallest absolute Gasteiger partial charge is 0.259 e. The SMILES string of the molecule is CCc1cccc(NCc2cc(=O)n3c4c(sc3n2)CCCC4)c1. The van der Waals surface area contributed by atoms with E-state index in [1.54, 1.807) is 17.4 Å². The maximum atomic E-state index is 12.5. The van der Waals surface area contributed by atoms with Gasteiger partial charge in [0, 0.05) is 22.3 Å². The Hall–Kier alpha value is -2.14. The largest absolute Gasteiger partial charge is 0.379 e. The molecule has 24 heavy (non-hydrogen) atoms. The molecule has 1 N–H and O–H groups in total. The third kappa shape index (κ3) is 2.84. The number of anilines is 1. The Morgan fingerprint density at radius 3 is 3.00 bits per heavy atom. The molecule has 5 heteroatoms. The molecule has 0 bridgehead atoms. The molecule has 124 valence electrons. The van der Waals surface area contributed by atoms with Crippen LogP contribution in [0.4, 0.5) is 5.69 Å². The van der Waals surface area contributed by atoms with Crippen LogP contribution in [0.3, 0.4) is 0 Å². The summed E-state index contributed by atoms with van der Waals surface area (Å²) in [6, 6.07) is 10.0. The fourth-order valence-electron chi connectivity index (χ4n) is 3.33. The first-order valence-electron chi connectivity index (χ1n) is 8.60. The van der Waals surface area contributed by atoms with Crippen molar-refractivity contribution in [3.05, 3.63) is 62.5 Å². The molecule has 0 aliphatic heterocycles. The van der Waals surface area contributed by atoms with Crippen LogP contribution in [0.1, 0.15) is 41.6 Å². The summed E-state index contributed by atoms with van der Waals surface area (Å²) in [6.45, 7) is 2.72. The van der Waals surface area contributed by atoms with Gasteiger partial charge in [-0.25, -0.2) is 4.98 Å². The number of nitrogens with zero attached hydrogens (tertiary/aromatic N) is 2. The monoisotopic (exact) mass is 339 g/mol. The van der Waals surface area contributed by atoms with Crippen LogP contribution >= 0.6 is 11.3 Å². The Labute approximate surface area is 145 Å². The van der Waals surface area contributed by atoms with E-state index in [0.29, 0.717) is 6.54 Å². The van der Waals surface area contributed by atoms with Gasteiger partial charge in [-0.05, 0) is 49.8 Å². The quantitative estimate of drug-likeness (QED) is 0.786. The predicted octanol–water partition coefficient (Wildman–Crippen LogP) is 3.81. The number of benzene rings is 1. The van der Waals surface area contributed by atoms with E-state index in [0.717, 1.165) is 35.6 Å². The molecular weight excluding hydrogens is 318 g/mol. The van der Waals surface area contributed by atoms with Crippen molar-refractivity contribution in [2.75, 3.05) is 5.32 Å². The van der Waals surface area contributed by atoms with E-state index >= 15 is 0 Å². The van der Waals surface area contributed by atoms with Crippen molar-refractivity contribution in [1.29, 1.82) is 0 Å². The second-order valence-electron chi connectivity index (χ2n) is 6.29. The summed E-state index contributed by atoms with van der Waals surface area (Å²) in [4.78, 5) is 19.4. The van der Waals surface area contributed by atoms with Gasteiger partial charge in [0.05, 0.1) is 12.2 Å². The zero-order chi connectivity index (χ0) is 16.5. The number of aromatic nitrogens is 2. The molecule has 0 atom stereocenters. The lowest BCUT2D eigenvalue weighted by Gasteiger charge is -2.10. The van der Waals surface area contributed by atoms with Gasteiger partial charge in [0.15, 0.2) is 4.96 Å². The molecule has 0 spiro atoms. The van der Waals surface area contributed by atoms with E-state index in [1.165, 1.54) is 29.0 Å². The van der Waals surface area contributed by atoms with Crippen LogP contribution in [0.15, 0.2) is 35.1 Å². The molecular formula is C19H21N3OS. The van der Waals surface area contributed by atoms with Crippen LogP contribution < -0.4 is 10.9 Å². The number of hydrogen-bond donors (Lipinski definition) is 1. The van der Waals surface area contributed by atoms with Crippen molar-refractivity contribution < 1.29 is 0 Å². The van der Waals surface area contributed by atoms with Crippen molar-refractivity contribution in [2.24, 2.45) is 0 Å². The summed E-state index contributed by atoms with van der Waals surface area (Å²) < 4.78 is 1.82. The molecule has 0 radical (unpaired) electrons. The average molecular weight is 339 g/mol. The highest BCUT2D eigenvalue weighted by atomic mass is 32.1. The van der Waals surface area contributed by atoms with Crippen LogP contribution in [0, 0.1) is 0 Å². The number of nitrogens with one attached hydrogen (secondary N) is 1. The molecule has 4 rings (SSSR count). The molecule has 2 aromatic heterocycles. The minimum atomic E-state index is 0.0542. The molecule has 0 fully saturated rings. The predicted molar refractivity (Wildman–Crippen MR) is 99.1 cm³/mol. The van der Waals surface area contributed by atoms with Gasteiger partial charge in [-0.1, -0.05) is 19.1 Å². The lowest BCUT2D eigenvalue weighted by molar-refractivity contribution is 0.670. The summed E-state index contributed by atoms with van der Waals surface area (Å²) >= 11 is 1.68. The van der Waals surface area contributed by atoms with Crippen molar-refractivity contribution in [3.63, 3.8) is 0 Å². The number of rotatable bonds is 4. The van der Waals surface area contributed by atoms with Gasteiger partial charge in [0.25, 0.3) is 5.56 Å². The number of hydrogen-bond acceptors (Lipinski definition) is 4. The highest BCUT2D eigenvalue weighted by Crippen LogP contribution is 2.28. The van der Waals surface area contributed by atoms with Gasteiger partial charge in [-0.15, -0.1) is 11.3 Å². The van der Waals surface area contributed by atoms with Crippen molar-refractivity contribution in [3.8, 4) is 0 Å². The summed E-state index contributed by atoms with van der Waals surface area (Å²) in [6.07, 6.45) is 5.49. The third-order valence-electron chi connectivity index (χ3n) is 4.62. The zero-order valence-electron chi connectivity index (χ0n) is 13.8. The van der Waals surface area contributed by atoms with Crippen LogP contribution in [0.5, 0.6) is 0 Å². The van der Waals surface area contributed by atoms with Crippen molar-refractivity contribution >= 4 is 22.0 Å². The fraction of sp³-hybridized carbons (Fsp3) is 0.368. The molecule has 1 aliphatic carbocycles. The van der Waals surface area contributed by atoms with Crippen molar-refractivity contribution in [2.45, 2.75) is 45.6 Å². The summed E-state index contributed by atoms with van der Waals surface area (Å²) in [5.41, 5.74) is 4.42. The molecule has 1 aromatic carbocycles. The Morgan fingerprint density at radius 1 is 1.25 bits per heavy atom. The third-order valence-corrected chi connectivity index (χ3v) is 5.77. The Balaban J connectivity index is 1.62. The molecule has 4 nitrogen and oxygen atoms in total. The van der Waals surface area contributed by atoms with Gasteiger partial charge in [-0.2, -0.15) is 0 Å². The van der Waals surface area contributed by atoms with Crippen LogP contribution in [-0.4, -0.2) is 9.38 Å². The van der Waals surface area contributed by atoms with Gasteiger partial charge in [0.2, 0.25) is 0 Å². The minimum Gasteiger partial charge on any atom is -0.379 e. The van der Waals surface area contributed by atoms with Gasteiger partial charge >= 0.3 is 0 Å². The Bertz CT molecular complexity index is 941. The van der Waals surface area contributed by atoms with E-state index < -0.39 is 0 Å². The first-order chi connectivity index (χ1) is 11.7. The second kappa shape index (κ2) is 6.40. The van der Waals surface area contributed by atoms with Crippen LogP contribution in [-0.2, 0) is 25.8 Å². The number of fused-ring (bicyclic) bond motifs is 3. The van der Waals surface area contributed by atoms with E-state index in [4.69, 9.17) is 4.98 Å². The van der Waals surface area contributed by atoms with Crippen LogP contribution in [0.25, 0.3) is 4.96 Å². The summed E-state index contributed by atoms with van der Waals surface area (Å²) in [5.74, 6) is 0.